The molecule has 4 amide bonds. The van der Waals surface area contributed by atoms with Gasteiger partial charge in [-0.3, -0.25) is 24.0 Å². The third-order valence-corrected chi connectivity index (χ3v) is 10.9. The average Bonchev–Trinajstić information content (AvgIpc) is 3.20. The van der Waals surface area contributed by atoms with Crippen LogP contribution in [-0.2, 0) is 43.0 Å². The van der Waals surface area contributed by atoms with Gasteiger partial charge in [0, 0.05) is 26.3 Å². The van der Waals surface area contributed by atoms with Crippen LogP contribution in [-0.4, -0.2) is 130 Å². The Morgan fingerprint density at radius 2 is 1.36 bits per heavy atom. The highest BCUT2D eigenvalue weighted by Crippen LogP contribution is 2.25. The largest absolute Gasteiger partial charge is 0.480 e. The first-order valence-electron chi connectivity index (χ1n) is 22.7. The molecule has 1 heterocycles. The predicted molar refractivity (Wildman–Crippen MR) is 229 cm³/mol. The molecule has 1 aliphatic rings. The number of aliphatic hydroxyl groups is 2. The van der Waals surface area contributed by atoms with Gasteiger partial charge in [-0.05, 0) is 52.5 Å². The van der Waals surface area contributed by atoms with E-state index in [0.717, 1.165) is 24.2 Å². The van der Waals surface area contributed by atoms with Crippen molar-refractivity contribution in [2.24, 2.45) is 17.2 Å². The van der Waals surface area contributed by atoms with Crippen molar-refractivity contribution in [2.45, 2.75) is 217 Å². The molecule has 0 aromatic rings. The van der Waals surface area contributed by atoms with Gasteiger partial charge in [0.15, 0.2) is 6.29 Å². The van der Waals surface area contributed by atoms with E-state index in [0.29, 0.717) is 25.8 Å². The van der Waals surface area contributed by atoms with Gasteiger partial charge in [0.05, 0.1) is 12.1 Å². The highest BCUT2D eigenvalue weighted by atomic mass is 16.6. The van der Waals surface area contributed by atoms with Gasteiger partial charge in [-0.15, -0.1) is 0 Å². The van der Waals surface area contributed by atoms with Gasteiger partial charge in [-0.25, -0.2) is 4.79 Å². The first-order valence-corrected chi connectivity index (χ1v) is 22.7. The Morgan fingerprint density at radius 3 is 1.85 bits per heavy atom. The maximum atomic E-state index is 13.4. The van der Waals surface area contributed by atoms with Crippen LogP contribution in [0.5, 0.6) is 0 Å². The van der Waals surface area contributed by atoms with Gasteiger partial charge in [0.25, 0.3) is 0 Å². The molecule has 0 aromatic heterocycles. The second-order valence-corrected chi connectivity index (χ2v) is 16.6. The smallest absolute Gasteiger partial charge is 0.326 e. The van der Waals surface area contributed by atoms with Crippen LogP contribution < -0.4 is 27.8 Å². The number of nitrogens with two attached hydrogens (primary N) is 3. The molecule has 9 atom stereocenters. The number of carbonyl (C=O) groups excluding carboxylic acids is 5. The van der Waals surface area contributed by atoms with Crippen LogP contribution in [0.4, 0.5) is 0 Å². The Bertz CT molecular complexity index is 1290. The summed E-state index contributed by atoms with van der Waals surface area (Å²) in [5, 5.41) is 36.8. The summed E-state index contributed by atoms with van der Waals surface area (Å²) in [5.74, 6) is -4.64. The molecule has 0 bridgehead atoms. The van der Waals surface area contributed by atoms with E-state index in [4.69, 9.17) is 31.4 Å². The van der Waals surface area contributed by atoms with E-state index in [1.54, 1.807) is 0 Å². The fourth-order valence-corrected chi connectivity index (χ4v) is 7.47. The Hall–Kier alpha value is -3.42. The number of esters is 1. The number of nitrogens with zero attached hydrogens (tertiary/aromatic N) is 1. The van der Waals surface area contributed by atoms with Gasteiger partial charge in [-0.2, -0.15) is 0 Å². The van der Waals surface area contributed by atoms with Crippen molar-refractivity contribution in [3.8, 4) is 0 Å². The zero-order chi connectivity index (χ0) is 45.7. The molecule has 61 heavy (non-hydrogen) atoms. The van der Waals surface area contributed by atoms with Crippen LogP contribution in [0, 0.1) is 0 Å². The molecular weight excluding hydrogens is 793 g/mol. The summed E-state index contributed by atoms with van der Waals surface area (Å²) in [7, 11) is 0. The fraction of sp³-hybridized carbons (Fsp3) is 0.860. The molecule has 0 aliphatic carbocycles. The Kier molecular flexibility index (Phi) is 29.4. The molecule has 1 unspecified atom stereocenters. The van der Waals surface area contributed by atoms with Crippen molar-refractivity contribution in [3.05, 3.63) is 0 Å². The lowest BCUT2D eigenvalue weighted by Crippen LogP contribution is -2.65. The molecule has 0 radical (unpaired) electrons. The molecule has 18 heteroatoms. The number of carbonyl (C=O) groups is 6. The number of unbranched alkanes of at least 4 members (excludes halogenated alkanes) is 15. The predicted octanol–water partition coefficient (Wildman–Crippen LogP) is 2.66. The van der Waals surface area contributed by atoms with Crippen molar-refractivity contribution < 1.29 is 58.3 Å². The summed E-state index contributed by atoms with van der Waals surface area (Å²) in [6.07, 6.45) is 11.8. The number of carboxylic acid groups (broad SMARTS) is 1. The number of aliphatic hydroxyl groups excluding tert-OH is 2. The second kappa shape index (κ2) is 32.3. The summed E-state index contributed by atoms with van der Waals surface area (Å²) in [6, 6.07) is -4.95. The second-order valence-electron chi connectivity index (χ2n) is 16.6. The van der Waals surface area contributed by atoms with Gasteiger partial charge < -0.3 is 62.3 Å². The first-order chi connectivity index (χ1) is 29.0. The Labute approximate surface area is 363 Å². The van der Waals surface area contributed by atoms with Crippen LogP contribution in [0.3, 0.4) is 0 Å². The molecule has 354 valence electrons. The number of aliphatic carboxylic acids is 1. The summed E-state index contributed by atoms with van der Waals surface area (Å²) in [4.78, 5) is 76.3. The quantitative estimate of drug-likeness (QED) is 0.0336. The van der Waals surface area contributed by atoms with Crippen molar-refractivity contribution in [2.75, 3.05) is 19.7 Å². The molecule has 1 fully saturated rings. The number of nitrogens with one attached hydrogen (secondary N) is 2. The lowest BCUT2D eigenvalue weighted by atomic mass is 9.96. The van der Waals surface area contributed by atoms with Gasteiger partial charge in [0.1, 0.15) is 43.0 Å². The number of hydrogen-bond donors (Lipinski definition) is 8. The molecule has 0 aromatic carbocycles. The molecular formula is C43H80N6O12. The summed E-state index contributed by atoms with van der Waals surface area (Å²) in [6.45, 7) is 5.95. The number of carboxylic acids is 1. The molecule has 1 rings (SSSR count). The maximum absolute atomic E-state index is 13.4. The lowest BCUT2D eigenvalue weighted by molar-refractivity contribution is -0.269. The van der Waals surface area contributed by atoms with E-state index in [2.05, 4.69) is 17.6 Å². The Morgan fingerprint density at radius 1 is 0.803 bits per heavy atom. The van der Waals surface area contributed by atoms with E-state index in [-0.39, 0.29) is 32.2 Å². The number of primary amides is 1. The molecule has 18 nitrogen and oxygen atoms in total. The lowest BCUT2D eigenvalue weighted by Gasteiger charge is -2.44. The van der Waals surface area contributed by atoms with Crippen LogP contribution >= 0.6 is 0 Å². The SMILES string of the molecule is CCCCCCCCCCCCCCCCCC(=O)OC[C@H]1O[C@H](O)[C@H](NC(C)=O)[C@@H](OC(C)CN(C(=O)[C@H](C)N)[C@H](CCC(=O)N[C@@H](CCCCN)C(=O)O)C(N)=O)[C@@H]1O. The monoisotopic (exact) mass is 873 g/mol. The van der Waals surface area contributed by atoms with E-state index < -0.39 is 97.0 Å². The third kappa shape index (κ3) is 23.6. The minimum atomic E-state index is -1.69. The molecule has 1 aliphatic heterocycles. The standard InChI is InChI=1S/C43H80N6O12/c1-5-6-7-8-9-10-11-12-13-14-15-16-17-18-19-23-36(52)59-28-34-38(53)39(37(43(58)61-34)47-31(4)50)60-29(2)27-49(41(55)30(3)45)33(40(46)54)24-25-35(51)48-32(42(56)57)22-20-21-26-44/h29-30,32-34,37-39,43,53,58H,5-28,44-45H2,1-4H3,(H2,46,54)(H,47,50)(H,48,51)(H,56,57)/t29?,30-,32-,33+,34+,37+,38+,39+,43-/m0/s1. The zero-order valence-corrected chi connectivity index (χ0v) is 37.4. The van der Waals surface area contributed by atoms with E-state index in [9.17, 15) is 44.1 Å². The number of hydrogen-bond acceptors (Lipinski definition) is 13. The normalized spacial score (nSPS) is 20.8. The van der Waals surface area contributed by atoms with Crippen LogP contribution in [0.1, 0.15) is 163 Å². The maximum Gasteiger partial charge on any atom is 0.326 e. The number of ether oxygens (including phenoxy) is 3. The third-order valence-electron chi connectivity index (χ3n) is 10.9. The van der Waals surface area contributed by atoms with E-state index in [1.165, 1.54) is 91.4 Å². The Balaban J connectivity index is 2.79. The van der Waals surface area contributed by atoms with E-state index in [1.807, 2.05) is 0 Å². The van der Waals surface area contributed by atoms with Crippen molar-refractivity contribution in [3.63, 3.8) is 0 Å². The molecule has 1 saturated heterocycles. The van der Waals surface area contributed by atoms with Crippen molar-refractivity contribution in [1.82, 2.24) is 15.5 Å². The highest BCUT2D eigenvalue weighted by Gasteiger charge is 2.47. The van der Waals surface area contributed by atoms with Gasteiger partial charge >= 0.3 is 11.9 Å². The van der Waals surface area contributed by atoms with E-state index >= 15 is 0 Å². The zero-order valence-electron chi connectivity index (χ0n) is 37.4. The molecule has 0 spiro atoms. The van der Waals surface area contributed by atoms with Gasteiger partial charge in [-0.1, -0.05) is 96.8 Å². The van der Waals surface area contributed by atoms with Crippen LogP contribution in [0.15, 0.2) is 0 Å². The van der Waals surface area contributed by atoms with Gasteiger partial charge in [0.2, 0.25) is 23.6 Å². The van der Waals surface area contributed by atoms with Crippen LogP contribution in [0.25, 0.3) is 0 Å². The minimum Gasteiger partial charge on any atom is -0.480 e. The van der Waals surface area contributed by atoms with Crippen LogP contribution in [0.2, 0.25) is 0 Å². The molecule has 0 saturated carbocycles. The first kappa shape index (κ1) is 55.6. The molecule has 11 N–H and O–H groups in total. The number of amides is 4. The average molecular weight is 873 g/mol. The fourth-order valence-electron chi connectivity index (χ4n) is 7.47. The summed E-state index contributed by atoms with van der Waals surface area (Å²) >= 11 is 0. The highest BCUT2D eigenvalue weighted by molar-refractivity contribution is 5.89. The minimum absolute atomic E-state index is 0.150. The van der Waals surface area contributed by atoms with Crippen molar-refractivity contribution >= 4 is 35.6 Å². The topological polar surface area (TPSA) is 296 Å². The summed E-state index contributed by atoms with van der Waals surface area (Å²) in [5.41, 5.74) is 17.1. The number of rotatable bonds is 35. The summed E-state index contributed by atoms with van der Waals surface area (Å²) < 4.78 is 17.1. The van der Waals surface area contributed by atoms with Crippen molar-refractivity contribution in [1.29, 1.82) is 0 Å².